The van der Waals surface area contributed by atoms with E-state index in [1.54, 1.807) is 13.0 Å². The zero-order valence-corrected chi connectivity index (χ0v) is 15.6. The van der Waals surface area contributed by atoms with Gasteiger partial charge in [0.1, 0.15) is 23.2 Å². The monoisotopic (exact) mass is 416 g/mol. The molecular formula is C16H16ClF3N6O2. The predicted molar refractivity (Wildman–Crippen MR) is 96.4 cm³/mol. The lowest BCUT2D eigenvalue weighted by atomic mass is 10.3. The molecule has 8 nitrogen and oxygen atoms in total. The zero-order chi connectivity index (χ0) is 20.9. The number of anilines is 1. The highest BCUT2D eigenvalue weighted by molar-refractivity contribution is 6.31. The second-order valence-electron chi connectivity index (χ2n) is 5.52. The molecule has 2 rings (SSSR count). The number of amidine groups is 1. The maximum absolute atomic E-state index is 12.6. The van der Waals surface area contributed by atoms with Gasteiger partial charge in [-0.2, -0.15) is 13.2 Å². The summed E-state index contributed by atoms with van der Waals surface area (Å²) < 4.78 is 43.0. The summed E-state index contributed by atoms with van der Waals surface area (Å²) in [7, 11) is 0. The van der Waals surface area contributed by atoms with Crippen LogP contribution in [0.5, 0.6) is 5.88 Å². The Hall–Kier alpha value is -2.95. The number of nitrogens with two attached hydrogens (primary N) is 1. The van der Waals surface area contributed by atoms with E-state index in [1.807, 2.05) is 0 Å². The lowest BCUT2D eigenvalue weighted by molar-refractivity contribution is -0.137. The number of ether oxygens (including phenoxy) is 1. The maximum Gasteiger partial charge on any atom is 0.417 e. The topological polar surface area (TPSA) is 115 Å². The summed E-state index contributed by atoms with van der Waals surface area (Å²) in [5.41, 5.74) is 5.77. The minimum Gasteiger partial charge on any atom is -0.475 e. The van der Waals surface area contributed by atoms with Crippen LogP contribution in [-0.2, 0) is 11.0 Å². The summed E-state index contributed by atoms with van der Waals surface area (Å²) >= 11 is 5.75. The van der Waals surface area contributed by atoms with E-state index in [9.17, 15) is 18.0 Å². The fourth-order valence-electron chi connectivity index (χ4n) is 1.99. The molecule has 28 heavy (non-hydrogen) atoms. The minimum absolute atomic E-state index is 0.0264. The maximum atomic E-state index is 12.6. The largest absolute Gasteiger partial charge is 0.475 e. The average Bonchev–Trinajstić information content (AvgIpc) is 2.57. The summed E-state index contributed by atoms with van der Waals surface area (Å²) in [6.45, 7) is 3.07. The van der Waals surface area contributed by atoms with Crippen molar-refractivity contribution < 1.29 is 22.7 Å². The second kappa shape index (κ2) is 8.83. The highest BCUT2D eigenvalue weighted by Crippen LogP contribution is 2.33. The van der Waals surface area contributed by atoms with Crippen LogP contribution in [0, 0.1) is 6.92 Å². The van der Waals surface area contributed by atoms with Crippen LogP contribution < -0.4 is 15.8 Å². The van der Waals surface area contributed by atoms with Crippen molar-refractivity contribution >= 4 is 29.3 Å². The SMILES string of the molecule is CC(=O)Nc1nc(C)cc(C(N)=NCCOc2ncc(C(F)(F)F)cc2Cl)n1. The summed E-state index contributed by atoms with van der Waals surface area (Å²) in [5.74, 6) is -0.305. The molecule has 0 fully saturated rings. The van der Waals surface area contributed by atoms with E-state index in [0.29, 0.717) is 17.6 Å². The highest BCUT2D eigenvalue weighted by Gasteiger charge is 2.31. The van der Waals surface area contributed by atoms with Gasteiger partial charge in [-0.1, -0.05) is 11.6 Å². The fourth-order valence-corrected chi connectivity index (χ4v) is 2.21. The van der Waals surface area contributed by atoms with Crippen LogP contribution in [-0.4, -0.2) is 39.8 Å². The molecule has 1 amide bonds. The van der Waals surface area contributed by atoms with Gasteiger partial charge >= 0.3 is 6.18 Å². The van der Waals surface area contributed by atoms with Crippen LogP contribution in [0.3, 0.4) is 0 Å². The Morgan fingerprint density at radius 2 is 2.07 bits per heavy atom. The van der Waals surface area contributed by atoms with Gasteiger partial charge in [0.25, 0.3) is 0 Å². The smallest absolute Gasteiger partial charge is 0.417 e. The van der Waals surface area contributed by atoms with Crippen molar-refractivity contribution in [3.05, 3.63) is 40.3 Å². The number of aromatic nitrogens is 3. The molecule has 0 spiro atoms. The van der Waals surface area contributed by atoms with Crippen LogP contribution in [0.1, 0.15) is 23.9 Å². The Balaban J connectivity index is 2.00. The molecule has 12 heteroatoms. The van der Waals surface area contributed by atoms with Gasteiger partial charge in [-0.15, -0.1) is 0 Å². The van der Waals surface area contributed by atoms with Gasteiger partial charge in [0.2, 0.25) is 17.7 Å². The number of hydrogen-bond donors (Lipinski definition) is 2. The normalized spacial score (nSPS) is 12.0. The number of pyridine rings is 1. The van der Waals surface area contributed by atoms with Crippen molar-refractivity contribution in [3.63, 3.8) is 0 Å². The number of alkyl halides is 3. The quantitative estimate of drug-likeness (QED) is 0.425. The second-order valence-corrected chi connectivity index (χ2v) is 5.93. The van der Waals surface area contributed by atoms with Gasteiger partial charge in [0, 0.05) is 18.8 Å². The van der Waals surface area contributed by atoms with E-state index in [1.165, 1.54) is 6.92 Å². The number of amides is 1. The number of aryl methyl sites for hydroxylation is 1. The van der Waals surface area contributed by atoms with Gasteiger partial charge in [0.05, 0.1) is 12.1 Å². The number of rotatable bonds is 6. The first kappa shape index (κ1) is 21.4. The van der Waals surface area contributed by atoms with E-state index in [0.717, 1.165) is 6.07 Å². The van der Waals surface area contributed by atoms with Crippen LogP contribution in [0.15, 0.2) is 23.3 Å². The standard InChI is InChI=1S/C16H16ClF3N6O2/c1-8-5-12(26-15(24-8)25-9(2)27)13(21)22-3-4-28-14-11(17)6-10(7-23-14)16(18,19)20/h5-7H,3-4H2,1-2H3,(H2,21,22)(H,24,25,26,27). The molecule has 0 aliphatic carbocycles. The molecular weight excluding hydrogens is 401 g/mol. The molecule has 2 aromatic rings. The summed E-state index contributed by atoms with van der Waals surface area (Å²) in [6.07, 6.45) is -3.91. The molecule has 0 aliphatic heterocycles. The van der Waals surface area contributed by atoms with E-state index < -0.39 is 11.7 Å². The first-order valence-electron chi connectivity index (χ1n) is 7.85. The third-order valence-corrected chi connectivity index (χ3v) is 3.42. The first-order chi connectivity index (χ1) is 13.1. The van der Waals surface area contributed by atoms with Gasteiger partial charge < -0.3 is 10.5 Å². The van der Waals surface area contributed by atoms with Crippen molar-refractivity contribution in [2.24, 2.45) is 10.7 Å². The van der Waals surface area contributed by atoms with Crippen molar-refractivity contribution in [3.8, 4) is 5.88 Å². The molecule has 0 saturated carbocycles. The number of halogens is 4. The summed E-state index contributed by atoms with van der Waals surface area (Å²) in [4.78, 5) is 26.9. The molecule has 0 radical (unpaired) electrons. The molecule has 0 saturated heterocycles. The predicted octanol–water partition coefficient (Wildman–Crippen LogP) is 2.59. The number of nitrogens with one attached hydrogen (secondary N) is 1. The lowest BCUT2D eigenvalue weighted by Crippen LogP contribution is -2.20. The molecule has 0 atom stereocenters. The molecule has 2 heterocycles. The molecule has 0 aliphatic rings. The van der Waals surface area contributed by atoms with E-state index in [4.69, 9.17) is 22.1 Å². The van der Waals surface area contributed by atoms with Gasteiger partial charge in [-0.25, -0.2) is 15.0 Å². The van der Waals surface area contributed by atoms with Crippen molar-refractivity contribution in [1.29, 1.82) is 0 Å². The van der Waals surface area contributed by atoms with Gasteiger partial charge in [-0.3, -0.25) is 15.1 Å². The number of carbonyl (C=O) groups excluding carboxylic acids is 1. The minimum atomic E-state index is -4.54. The van der Waals surface area contributed by atoms with Crippen LogP contribution in [0.4, 0.5) is 19.1 Å². The van der Waals surface area contributed by atoms with Crippen molar-refractivity contribution in [1.82, 2.24) is 15.0 Å². The average molecular weight is 417 g/mol. The zero-order valence-electron chi connectivity index (χ0n) is 14.8. The molecule has 0 unspecified atom stereocenters. The number of nitrogens with zero attached hydrogens (tertiary/aromatic N) is 4. The number of aliphatic imine (C=N–C) groups is 1. The van der Waals surface area contributed by atoms with Crippen LogP contribution >= 0.6 is 11.6 Å². The highest BCUT2D eigenvalue weighted by atomic mass is 35.5. The molecule has 2 aromatic heterocycles. The van der Waals surface area contributed by atoms with Crippen molar-refractivity contribution in [2.45, 2.75) is 20.0 Å². The van der Waals surface area contributed by atoms with E-state index in [-0.39, 0.29) is 41.7 Å². The Bertz CT molecular complexity index is 904. The third kappa shape index (κ3) is 6.05. The first-order valence-corrected chi connectivity index (χ1v) is 8.23. The molecule has 3 N–H and O–H groups in total. The van der Waals surface area contributed by atoms with Gasteiger partial charge in [-0.05, 0) is 19.1 Å². The number of carbonyl (C=O) groups is 1. The molecule has 150 valence electrons. The molecule has 0 bridgehead atoms. The Morgan fingerprint density at radius 3 is 2.68 bits per heavy atom. The summed E-state index contributed by atoms with van der Waals surface area (Å²) in [5, 5.41) is 2.19. The Morgan fingerprint density at radius 1 is 1.36 bits per heavy atom. The van der Waals surface area contributed by atoms with E-state index in [2.05, 4.69) is 25.3 Å². The van der Waals surface area contributed by atoms with Crippen LogP contribution in [0.2, 0.25) is 5.02 Å². The van der Waals surface area contributed by atoms with Crippen molar-refractivity contribution in [2.75, 3.05) is 18.5 Å². The molecule has 0 aromatic carbocycles. The lowest BCUT2D eigenvalue weighted by Gasteiger charge is -2.10. The Kier molecular flexibility index (Phi) is 6.73. The van der Waals surface area contributed by atoms with Gasteiger partial charge in [0.15, 0.2) is 0 Å². The fraction of sp³-hybridized carbons (Fsp3) is 0.312. The third-order valence-electron chi connectivity index (χ3n) is 3.15. The number of hydrogen-bond acceptors (Lipinski definition) is 6. The Labute approximate surface area is 163 Å². The van der Waals surface area contributed by atoms with E-state index >= 15 is 0 Å². The summed E-state index contributed by atoms with van der Waals surface area (Å²) in [6, 6.07) is 2.31. The van der Waals surface area contributed by atoms with Crippen LogP contribution in [0.25, 0.3) is 0 Å².